The number of fused-ring (bicyclic) bond motifs is 1. The summed E-state index contributed by atoms with van der Waals surface area (Å²) in [6.45, 7) is 0.600. The van der Waals surface area contributed by atoms with Gasteiger partial charge in [-0.25, -0.2) is 4.39 Å². The van der Waals surface area contributed by atoms with Gasteiger partial charge in [-0.15, -0.1) is 0 Å². The predicted octanol–water partition coefficient (Wildman–Crippen LogP) is 3.92. The van der Waals surface area contributed by atoms with Crippen LogP contribution in [0.2, 0.25) is 0 Å². The first kappa shape index (κ1) is 20.0. The standard InChI is InChI=1S/C22H20F3N3O2/c1-22(24,25)21(30)27-18-11-19(29)28(20(18)13-5-3-2-4-6-13)12-14-9-15(23)10-17-16(14)7-8-26-17/h2-10,18,20,26H,11-12H2,1H3,(H,27,30)/t18-,20+/m1/s1. The third kappa shape index (κ3) is 3.77. The minimum absolute atomic E-state index is 0.0827. The van der Waals surface area contributed by atoms with Crippen LogP contribution in [0.5, 0.6) is 0 Å². The van der Waals surface area contributed by atoms with Crippen LogP contribution < -0.4 is 5.32 Å². The van der Waals surface area contributed by atoms with Crippen molar-refractivity contribution in [2.24, 2.45) is 0 Å². The molecule has 0 unspecified atom stereocenters. The van der Waals surface area contributed by atoms with Gasteiger partial charge in [-0.2, -0.15) is 8.78 Å². The first-order chi connectivity index (χ1) is 14.2. The van der Waals surface area contributed by atoms with E-state index in [2.05, 4.69) is 10.3 Å². The smallest absolute Gasteiger partial charge is 0.321 e. The summed E-state index contributed by atoms with van der Waals surface area (Å²) >= 11 is 0. The molecule has 0 radical (unpaired) electrons. The summed E-state index contributed by atoms with van der Waals surface area (Å²) in [5, 5.41) is 3.09. The Bertz CT molecular complexity index is 1090. The molecule has 5 nitrogen and oxygen atoms in total. The van der Waals surface area contributed by atoms with Crippen LogP contribution in [0.25, 0.3) is 10.9 Å². The van der Waals surface area contributed by atoms with Crippen molar-refractivity contribution in [3.05, 3.63) is 71.7 Å². The van der Waals surface area contributed by atoms with Crippen LogP contribution in [0.1, 0.15) is 30.5 Å². The van der Waals surface area contributed by atoms with Crippen molar-refractivity contribution in [3.63, 3.8) is 0 Å². The molecule has 3 aromatic rings. The maximum atomic E-state index is 14.1. The Kier molecular flexibility index (Phi) is 5.01. The van der Waals surface area contributed by atoms with Gasteiger partial charge in [-0.3, -0.25) is 9.59 Å². The molecular formula is C22H20F3N3O2. The van der Waals surface area contributed by atoms with Gasteiger partial charge >= 0.3 is 5.92 Å². The Balaban J connectivity index is 1.71. The van der Waals surface area contributed by atoms with E-state index < -0.39 is 29.7 Å². The van der Waals surface area contributed by atoms with Crippen LogP contribution in [0.15, 0.2) is 54.7 Å². The SMILES string of the molecule is CC(F)(F)C(=O)N[C@@H]1CC(=O)N(Cc2cc(F)cc3[nH]ccc23)[C@H]1c1ccccc1. The molecule has 1 aliphatic rings. The number of carbonyl (C=O) groups excluding carboxylic acids is 2. The highest BCUT2D eigenvalue weighted by atomic mass is 19.3. The lowest BCUT2D eigenvalue weighted by atomic mass is 9.99. The molecule has 0 aliphatic carbocycles. The van der Waals surface area contributed by atoms with E-state index in [0.717, 1.165) is 5.39 Å². The Hall–Kier alpha value is -3.29. The number of H-pyrrole nitrogens is 1. The number of benzene rings is 2. The molecule has 0 bridgehead atoms. The monoisotopic (exact) mass is 415 g/mol. The van der Waals surface area contributed by atoms with E-state index in [9.17, 15) is 22.8 Å². The Morgan fingerprint density at radius 1 is 1.23 bits per heavy atom. The van der Waals surface area contributed by atoms with Gasteiger partial charge in [0.05, 0.1) is 12.1 Å². The number of aromatic amines is 1. The second kappa shape index (κ2) is 7.51. The van der Waals surface area contributed by atoms with Gasteiger partial charge in [0, 0.05) is 37.0 Å². The summed E-state index contributed by atoms with van der Waals surface area (Å²) in [5.74, 6) is -5.74. The third-order valence-electron chi connectivity index (χ3n) is 5.35. The maximum absolute atomic E-state index is 14.1. The quantitative estimate of drug-likeness (QED) is 0.664. The number of amides is 2. The predicted molar refractivity (Wildman–Crippen MR) is 105 cm³/mol. The molecule has 1 saturated heterocycles. The lowest BCUT2D eigenvalue weighted by Crippen LogP contribution is -2.46. The van der Waals surface area contributed by atoms with E-state index in [1.54, 1.807) is 42.6 Å². The molecular weight excluding hydrogens is 395 g/mol. The highest BCUT2D eigenvalue weighted by Crippen LogP contribution is 2.36. The average Bonchev–Trinajstić information content (AvgIpc) is 3.26. The number of alkyl halides is 2. The van der Waals surface area contributed by atoms with Gasteiger partial charge in [0.2, 0.25) is 5.91 Å². The molecule has 4 rings (SSSR count). The molecule has 0 spiro atoms. The minimum atomic E-state index is -3.56. The van der Waals surface area contributed by atoms with Gasteiger partial charge in [-0.05, 0) is 29.3 Å². The van der Waals surface area contributed by atoms with Gasteiger partial charge < -0.3 is 15.2 Å². The van der Waals surface area contributed by atoms with Crippen molar-refractivity contribution in [1.82, 2.24) is 15.2 Å². The molecule has 2 N–H and O–H groups in total. The number of aromatic nitrogens is 1. The third-order valence-corrected chi connectivity index (χ3v) is 5.35. The Labute approximate surface area is 170 Å². The van der Waals surface area contributed by atoms with E-state index >= 15 is 0 Å². The summed E-state index contributed by atoms with van der Waals surface area (Å²) < 4.78 is 41.0. The van der Waals surface area contributed by atoms with Gasteiger partial charge in [0.15, 0.2) is 0 Å². The molecule has 2 amide bonds. The Morgan fingerprint density at radius 2 is 1.97 bits per heavy atom. The van der Waals surface area contributed by atoms with Crippen molar-refractivity contribution in [1.29, 1.82) is 0 Å². The molecule has 156 valence electrons. The van der Waals surface area contributed by atoms with Gasteiger partial charge in [-0.1, -0.05) is 30.3 Å². The number of rotatable bonds is 5. The van der Waals surface area contributed by atoms with E-state index in [-0.39, 0.29) is 18.9 Å². The average molecular weight is 415 g/mol. The zero-order valence-corrected chi connectivity index (χ0v) is 16.2. The van der Waals surface area contributed by atoms with E-state index in [4.69, 9.17) is 0 Å². The van der Waals surface area contributed by atoms with Gasteiger partial charge in [0.25, 0.3) is 5.91 Å². The lowest BCUT2D eigenvalue weighted by molar-refractivity contribution is -0.144. The summed E-state index contributed by atoms with van der Waals surface area (Å²) in [7, 11) is 0. The molecule has 2 aromatic carbocycles. The van der Waals surface area contributed by atoms with Crippen LogP contribution in [0.3, 0.4) is 0 Å². The number of halogens is 3. The normalized spacial score (nSPS) is 19.5. The largest absolute Gasteiger partial charge is 0.361 e. The number of likely N-dealkylation sites (tertiary alicyclic amines) is 1. The van der Waals surface area contributed by atoms with Crippen molar-refractivity contribution in [2.75, 3.05) is 0 Å². The fraction of sp³-hybridized carbons (Fsp3) is 0.273. The van der Waals surface area contributed by atoms with E-state index in [0.29, 0.717) is 23.6 Å². The van der Waals surface area contributed by atoms with Crippen LogP contribution in [0, 0.1) is 5.82 Å². The van der Waals surface area contributed by atoms with Crippen LogP contribution in [0.4, 0.5) is 13.2 Å². The highest BCUT2D eigenvalue weighted by Gasteiger charge is 2.44. The molecule has 2 heterocycles. The topological polar surface area (TPSA) is 65.2 Å². The highest BCUT2D eigenvalue weighted by molar-refractivity contribution is 5.87. The van der Waals surface area contributed by atoms with Crippen molar-refractivity contribution < 1.29 is 22.8 Å². The molecule has 0 saturated carbocycles. The van der Waals surface area contributed by atoms with Gasteiger partial charge in [0.1, 0.15) is 5.82 Å². The van der Waals surface area contributed by atoms with Crippen LogP contribution in [-0.2, 0) is 16.1 Å². The molecule has 1 fully saturated rings. The molecule has 8 heteroatoms. The molecule has 1 aromatic heterocycles. The van der Waals surface area contributed by atoms with Crippen molar-refractivity contribution in [3.8, 4) is 0 Å². The molecule has 1 aliphatic heterocycles. The number of hydrogen-bond donors (Lipinski definition) is 2. The van der Waals surface area contributed by atoms with Crippen molar-refractivity contribution in [2.45, 2.75) is 37.9 Å². The van der Waals surface area contributed by atoms with Crippen molar-refractivity contribution >= 4 is 22.7 Å². The van der Waals surface area contributed by atoms with E-state index in [1.807, 2.05) is 0 Å². The second-order valence-corrected chi connectivity index (χ2v) is 7.55. The lowest BCUT2D eigenvalue weighted by Gasteiger charge is -2.30. The van der Waals surface area contributed by atoms with E-state index in [1.165, 1.54) is 17.0 Å². The second-order valence-electron chi connectivity index (χ2n) is 7.55. The summed E-state index contributed by atoms with van der Waals surface area (Å²) in [5.41, 5.74) is 1.89. The summed E-state index contributed by atoms with van der Waals surface area (Å²) in [4.78, 5) is 29.2. The summed E-state index contributed by atoms with van der Waals surface area (Å²) in [6, 6.07) is 11.9. The number of nitrogens with zero attached hydrogens (tertiary/aromatic N) is 1. The number of carbonyl (C=O) groups is 2. The zero-order chi connectivity index (χ0) is 21.5. The van der Waals surface area contributed by atoms with Crippen LogP contribution in [-0.4, -0.2) is 33.7 Å². The fourth-order valence-electron chi connectivity index (χ4n) is 3.98. The molecule has 30 heavy (non-hydrogen) atoms. The first-order valence-corrected chi connectivity index (χ1v) is 9.53. The number of hydrogen-bond acceptors (Lipinski definition) is 2. The molecule has 2 atom stereocenters. The maximum Gasteiger partial charge on any atom is 0.321 e. The minimum Gasteiger partial charge on any atom is -0.361 e. The summed E-state index contributed by atoms with van der Waals surface area (Å²) in [6.07, 6.45) is 1.56. The zero-order valence-electron chi connectivity index (χ0n) is 16.2. The van der Waals surface area contributed by atoms with Crippen LogP contribution >= 0.6 is 0 Å². The fourth-order valence-corrected chi connectivity index (χ4v) is 3.98. The Morgan fingerprint density at radius 3 is 2.67 bits per heavy atom. The number of nitrogens with one attached hydrogen (secondary N) is 2. The first-order valence-electron chi connectivity index (χ1n) is 9.53.